The molecule has 0 aromatic carbocycles. The Labute approximate surface area is 87.6 Å². The molecule has 0 amide bonds. The normalized spacial score (nSPS) is 22.4. The molecule has 2 heteroatoms. The van der Waals surface area contributed by atoms with Gasteiger partial charge < -0.3 is 28.9 Å². The predicted molar refractivity (Wildman–Crippen MR) is 44.3 cm³/mol. The standard InChI is InChI=1S/C9H19N.HI/c1-3-9(2)10-7-5-4-6-8-10;/h9H,3-8H2,1-2H3;1H. The van der Waals surface area contributed by atoms with Gasteiger partial charge in [0.15, 0.2) is 0 Å². The summed E-state index contributed by atoms with van der Waals surface area (Å²) in [7, 11) is 0. The summed E-state index contributed by atoms with van der Waals surface area (Å²) in [6.07, 6.45) is 5.73. The van der Waals surface area contributed by atoms with Gasteiger partial charge in [-0.2, -0.15) is 0 Å². The molecule has 1 nitrogen and oxygen atoms in total. The second-order valence-corrected chi connectivity index (χ2v) is 3.53. The largest absolute Gasteiger partial charge is 1.00 e. The maximum atomic E-state index is 2.38. The lowest BCUT2D eigenvalue weighted by Crippen LogP contribution is -3.16. The van der Waals surface area contributed by atoms with Crippen molar-refractivity contribution in [3.63, 3.8) is 0 Å². The smallest absolute Gasteiger partial charge is 0.0843 e. The van der Waals surface area contributed by atoms with Crippen molar-refractivity contribution in [2.45, 2.75) is 45.6 Å². The van der Waals surface area contributed by atoms with Crippen molar-refractivity contribution in [2.24, 2.45) is 0 Å². The summed E-state index contributed by atoms with van der Waals surface area (Å²) in [4.78, 5) is 1.84. The summed E-state index contributed by atoms with van der Waals surface area (Å²) in [5, 5.41) is 0. The van der Waals surface area contributed by atoms with Gasteiger partial charge in [-0.15, -0.1) is 0 Å². The molecule has 0 aromatic rings. The molecule has 1 heterocycles. The predicted octanol–water partition coefficient (Wildman–Crippen LogP) is -2.14. The molecular formula is C9H20IN. The maximum Gasteiger partial charge on any atom is 0.0843 e. The van der Waals surface area contributed by atoms with Gasteiger partial charge in [0.2, 0.25) is 0 Å². The van der Waals surface area contributed by atoms with Crippen LogP contribution in [-0.2, 0) is 0 Å². The van der Waals surface area contributed by atoms with Gasteiger partial charge in [-0.1, -0.05) is 6.92 Å². The molecule has 0 radical (unpaired) electrons. The molecule has 1 saturated heterocycles. The van der Waals surface area contributed by atoms with Gasteiger partial charge in [0.1, 0.15) is 0 Å². The van der Waals surface area contributed by atoms with Gasteiger partial charge >= 0.3 is 0 Å². The average Bonchev–Trinajstić information content (AvgIpc) is 2.05. The summed E-state index contributed by atoms with van der Waals surface area (Å²) in [6.45, 7) is 7.52. The van der Waals surface area contributed by atoms with Crippen molar-refractivity contribution in [1.82, 2.24) is 0 Å². The van der Waals surface area contributed by atoms with Crippen LogP contribution in [0.5, 0.6) is 0 Å². The Morgan fingerprint density at radius 3 is 2.18 bits per heavy atom. The number of hydrogen-bond donors (Lipinski definition) is 1. The highest BCUT2D eigenvalue weighted by atomic mass is 127. The summed E-state index contributed by atoms with van der Waals surface area (Å²) < 4.78 is 0. The summed E-state index contributed by atoms with van der Waals surface area (Å²) >= 11 is 0. The van der Waals surface area contributed by atoms with Crippen molar-refractivity contribution in [2.75, 3.05) is 13.1 Å². The molecule has 0 spiro atoms. The van der Waals surface area contributed by atoms with E-state index in [1.54, 1.807) is 0 Å². The second-order valence-electron chi connectivity index (χ2n) is 3.53. The van der Waals surface area contributed by atoms with E-state index in [-0.39, 0.29) is 24.0 Å². The molecule has 0 aliphatic carbocycles. The quantitative estimate of drug-likeness (QED) is 0.546. The Kier molecular flexibility index (Phi) is 6.62. The summed E-state index contributed by atoms with van der Waals surface area (Å²) in [6, 6.07) is 0.903. The first-order chi connectivity index (χ1) is 4.84. The Morgan fingerprint density at radius 1 is 1.18 bits per heavy atom. The molecule has 1 N–H and O–H groups in total. The minimum Gasteiger partial charge on any atom is -1.00 e. The summed E-state index contributed by atoms with van der Waals surface area (Å²) in [5.74, 6) is 0. The lowest BCUT2D eigenvalue weighted by molar-refractivity contribution is -0.928. The van der Waals surface area contributed by atoms with Crippen LogP contribution in [0.2, 0.25) is 0 Å². The minimum absolute atomic E-state index is 0. The third kappa shape index (κ3) is 3.74. The zero-order valence-corrected chi connectivity index (χ0v) is 9.86. The van der Waals surface area contributed by atoms with Crippen LogP contribution in [-0.4, -0.2) is 19.1 Å². The molecule has 11 heavy (non-hydrogen) atoms. The molecule has 1 unspecified atom stereocenters. The first-order valence-electron chi connectivity index (χ1n) is 4.69. The Morgan fingerprint density at radius 2 is 1.73 bits per heavy atom. The first-order valence-corrected chi connectivity index (χ1v) is 4.69. The van der Waals surface area contributed by atoms with Crippen LogP contribution in [0.15, 0.2) is 0 Å². The van der Waals surface area contributed by atoms with Crippen LogP contribution in [0.4, 0.5) is 0 Å². The van der Waals surface area contributed by atoms with E-state index in [0.29, 0.717) is 0 Å². The molecule has 0 saturated carbocycles. The minimum atomic E-state index is 0. The van der Waals surface area contributed by atoms with Gasteiger partial charge in [-0.05, 0) is 32.6 Å². The third-order valence-corrected chi connectivity index (χ3v) is 2.81. The van der Waals surface area contributed by atoms with E-state index in [0.717, 1.165) is 6.04 Å². The van der Waals surface area contributed by atoms with Crippen LogP contribution in [0.3, 0.4) is 0 Å². The molecular weight excluding hydrogens is 249 g/mol. The van der Waals surface area contributed by atoms with Crippen molar-refractivity contribution in [3.05, 3.63) is 0 Å². The van der Waals surface area contributed by atoms with Gasteiger partial charge in [0, 0.05) is 0 Å². The average molecular weight is 269 g/mol. The molecule has 0 bridgehead atoms. The molecule has 1 rings (SSSR count). The van der Waals surface area contributed by atoms with Crippen molar-refractivity contribution in [1.29, 1.82) is 0 Å². The van der Waals surface area contributed by atoms with E-state index in [4.69, 9.17) is 0 Å². The Bertz CT molecular complexity index is 89.6. The molecule has 1 aliphatic heterocycles. The van der Waals surface area contributed by atoms with Crippen LogP contribution >= 0.6 is 0 Å². The third-order valence-electron chi connectivity index (χ3n) is 2.81. The fourth-order valence-corrected chi connectivity index (χ4v) is 1.79. The van der Waals surface area contributed by atoms with E-state index >= 15 is 0 Å². The lowest BCUT2D eigenvalue weighted by atomic mass is 10.1. The van der Waals surface area contributed by atoms with Crippen LogP contribution in [0.1, 0.15) is 39.5 Å². The van der Waals surface area contributed by atoms with Crippen LogP contribution < -0.4 is 28.9 Å². The topological polar surface area (TPSA) is 4.44 Å². The number of quaternary nitrogens is 1. The second kappa shape index (κ2) is 6.23. The number of hydrogen-bond acceptors (Lipinski definition) is 0. The zero-order valence-electron chi connectivity index (χ0n) is 7.70. The Hall–Kier alpha value is 0.690. The SMILES string of the molecule is CCC(C)[NH+]1CCCCC1.[I-]. The van der Waals surface area contributed by atoms with E-state index in [9.17, 15) is 0 Å². The fourth-order valence-electron chi connectivity index (χ4n) is 1.79. The molecule has 1 atom stereocenters. The van der Waals surface area contributed by atoms with Gasteiger partial charge in [-0.25, -0.2) is 0 Å². The van der Waals surface area contributed by atoms with Gasteiger partial charge in [0.25, 0.3) is 0 Å². The number of halogens is 1. The molecule has 0 aromatic heterocycles. The van der Waals surface area contributed by atoms with E-state index in [1.807, 2.05) is 4.90 Å². The van der Waals surface area contributed by atoms with Crippen molar-refractivity contribution >= 4 is 0 Å². The number of piperidine rings is 1. The molecule has 68 valence electrons. The van der Waals surface area contributed by atoms with Crippen LogP contribution in [0.25, 0.3) is 0 Å². The molecule has 1 aliphatic rings. The number of nitrogens with one attached hydrogen (secondary N) is 1. The van der Waals surface area contributed by atoms with E-state index < -0.39 is 0 Å². The first kappa shape index (κ1) is 11.7. The van der Waals surface area contributed by atoms with Crippen molar-refractivity contribution < 1.29 is 28.9 Å². The maximum absolute atomic E-state index is 2.38. The van der Waals surface area contributed by atoms with E-state index in [2.05, 4.69) is 13.8 Å². The highest BCUT2D eigenvalue weighted by Gasteiger charge is 2.17. The van der Waals surface area contributed by atoms with Gasteiger partial charge in [0.05, 0.1) is 19.1 Å². The highest BCUT2D eigenvalue weighted by Crippen LogP contribution is 1.96. The lowest BCUT2D eigenvalue weighted by Gasteiger charge is -2.28. The summed E-state index contributed by atoms with van der Waals surface area (Å²) in [5.41, 5.74) is 0. The fraction of sp³-hybridized carbons (Fsp3) is 1.00. The highest BCUT2D eigenvalue weighted by molar-refractivity contribution is 4.50. The van der Waals surface area contributed by atoms with Crippen molar-refractivity contribution in [3.8, 4) is 0 Å². The number of likely N-dealkylation sites (tertiary alicyclic amines) is 1. The molecule has 1 fully saturated rings. The monoisotopic (exact) mass is 269 g/mol. The number of rotatable bonds is 2. The van der Waals surface area contributed by atoms with Crippen LogP contribution in [0, 0.1) is 0 Å². The van der Waals surface area contributed by atoms with Gasteiger partial charge in [-0.3, -0.25) is 0 Å². The van der Waals surface area contributed by atoms with E-state index in [1.165, 1.54) is 38.8 Å². The Balaban J connectivity index is 0.000001000. The zero-order chi connectivity index (χ0) is 7.40.